The van der Waals surface area contributed by atoms with E-state index in [2.05, 4.69) is 5.32 Å². The Hall–Kier alpha value is -3.56. The molecule has 230 valence electrons. The summed E-state index contributed by atoms with van der Waals surface area (Å²) in [6.45, 7) is 0.336. The lowest BCUT2D eigenvalue weighted by molar-refractivity contribution is -0.141. The third-order valence-corrected chi connectivity index (χ3v) is 9.23. The maximum Gasteiger partial charge on any atom is 0.243 e. The quantitative estimate of drug-likeness (QED) is 0.252. The van der Waals surface area contributed by atoms with Gasteiger partial charge in [0, 0.05) is 32.0 Å². The van der Waals surface area contributed by atoms with Crippen molar-refractivity contribution in [1.82, 2.24) is 10.2 Å². The Kier molecular flexibility index (Phi) is 11.5. The molecule has 8 nitrogen and oxygen atoms in total. The summed E-state index contributed by atoms with van der Waals surface area (Å²) in [5.41, 5.74) is 2.26. The van der Waals surface area contributed by atoms with Crippen molar-refractivity contribution >= 4 is 39.1 Å². The first-order chi connectivity index (χ1) is 20.7. The monoisotopic (exact) mass is 625 g/mol. The zero-order valence-corrected chi connectivity index (χ0v) is 26.3. The second-order valence-corrected chi connectivity index (χ2v) is 13.3. The molecule has 3 aromatic rings. The first kappa shape index (κ1) is 32.4. The van der Waals surface area contributed by atoms with E-state index in [9.17, 15) is 18.0 Å². The van der Waals surface area contributed by atoms with Gasteiger partial charge >= 0.3 is 0 Å². The lowest BCUT2D eigenvalue weighted by atomic mass is 10.0. The van der Waals surface area contributed by atoms with Gasteiger partial charge in [-0.1, -0.05) is 85.1 Å². The Bertz CT molecular complexity index is 1460. The SMILES string of the molecule is COc1ccc(N(CCCC(=O)N(Cc2ccccc2)C(Cc2ccccc2)C(=O)NC2CCCC2)S(C)(=O)=O)cc1Cl. The molecule has 0 aromatic heterocycles. The summed E-state index contributed by atoms with van der Waals surface area (Å²) in [6.07, 6.45) is 5.85. The molecule has 1 aliphatic carbocycles. The van der Waals surface area contributed by atoms with Crippen LogP contribution in [0.4, 0.5) is 5.69 Å². The van der Waals surface area contributed by atoms with E-state index in [1.807, 2.05) is 60.7 Å². The third-order valence-electron chi connectivity index (χ3n) is 7.74. The number of nitrogens with zero attached hydrogens (tertiary/aromatic N) is 2. The van der Waals surface area contributed by atoms with Gasteiger partial charge in [-0.05, 0) is 48.6 Å². The van der Waals surface area contributed by atoms with E-state index >= 15 is 0 Å². The van der Waals surface area contributed by atoms with E-state index in [0.29, 0.717) is 17.9 Å². The average molecular weight is 626 g/mol. The van der Waals surface area contributed by atoms with E-state index in [0.717, 1.165) is 43.1 Å². The molecule has 0 saturated heterocycles. The van der Waals surface area contributed by atoms with Crippen molar-refractivity contribution in [1.29, 1.82) is 0 Å². The normalized spacial score (nSPS) is 14.2. The summed E-state index contributed by atoms with van der Waals surface area (Å²) in [5.74, 6) is 0.0594. The second-order valence-electron chi connectivity index (χ2n) is 11.0. The second kappa shape index (κ2) is 15.3. The fraction of sp³-hybridized carbons (Fsp3) is 0.394. The van der Waals surface area contributed by atoms with Crippen LogP contribution in [0.2, 0.25) is 5.02 Å². The Balaban J connectivity index is 1.57. The predicted octanol–water partition coefficient (Wildman–Crippen LogP) is 5.59. The predicted molar refractivity (Wildman–Crippen MR) is 171 cm³/mol. The van der Waals surface area contributed by atoms with Gasteiger partial charge in [0.1, 0.15) is 11.8 Å². The van der Waals surface area contributed by atoms with Crippen LogP contribution in [0, 0.1) is 0 Å². The molecule has 43 heavy (non-hydrogen) atoms. The van der Waals surface area contributed by atoms with Gasteiger partial charge in [0.05, 0.1) is 24.1 Å². The maximum atomic E-state index is 14.0. The molecule has 10 heteroatoms. The molecule has 0 heterocycles. The van der Waals surface area contributed by atoms with Gasteiger partial charge in [-0.15, -0.1) is 0 Å². The number of hydrogen-bond acceptors (Lipinski definition) is 5. The summed E-state index contributed by atoms with van der Waals surface area (Å²) >= 11 is 6.27. The number of anilines is 1. The van der Waals surface area contributed by atoms with Crippen molar-refractivity contribution in [2.45, 2.75) is 63.6 Å². The number of rotatable bonds is 14. The molecular weight excluding hydrogens is 586 g/mol. The van der Waals surface area contributed by atoms with Crippen LogP contribution >= 0.6 is 11.6 Å². The van der Waals surface area contributed by atoms with Crippen molar-refractivity contribution < 1.29 is 22.7 Å². The Labute approximate surface area is 260 Å². The van der Waals surface area contributed by atoms with Crippen molar-refractivity contribution in [3.05, 3.63) is 95.0 Å². The van der Waals surface area contributed by atoms with Gasteiger partial charge in [-0.2, -0.15) is 0 Å². The minimum Gasteiger partial charge on any atom is -0.495 e. The van der Waals surface area contributed by atoms with Crippen molar-refractivity contribution in [2.75, 3.05) is 24.2 Å². The van der Waals surface area contributed by atoms with Crippen LogP contribution < -0.4 is 14.4 Å². The molecule has 3 aromatic carbocycles. The number of hydrogen-bond donors (Lipinski definition) is 1. The minimum absolute atomic E-state index is 0.0603. The van der Waals surface area contributed by atoms with Gasteiger partial charge in [0.15, 0.2) is 0 Å². The minimum atomic E-state index is -3.66. The molecule has 4 rings (SSSR count). The number of sulfonamides is 1. The highest BCUT2D eigenvalue weighted by molar-refractivity contribution is 7.92. The molecule has 1 fully saturated rings. The largest absolute Gasteiger partial charge is 0.495 e. The summed E-state index contributed by atoms with van der Waals surface area (Å²) in [5, 5.41) is 3.50. The van der Waals surface area contributed by atoms with Gasteiger partial charge in [0.2, 0.25) is 21.8 Å². The number of nitrogens with one attached hydrogen (secondary N) is 1. The first-order valence-corrected chi connectivity index (χ1v) is 16.9. The first-order valence-electron chi connectivity index (χ1n) is 14.6. The highest BCUT2D eigenvalue weighted by Crippen LogP contribution is 2.30. The van der Waals surface area contributed by atoms with Crippen molar-refractivity contribution in [2.24, 2.45) is 0 Å². The molecule has 1 saturated carbocycles. The molecule has 0 bridgehead atoms. The van der Waals surface area contributed by atoms with Gasteiger partial charge in [0.25, 0.3) is 0 Å². The smallest absolute Gasteiger partial charge is 0.243 e. The van der Waals surface area contributed by atoms with Crippen LogP contribution in [0.5, 0.6) is 5.75 Å². The van der Waals surface area contributed by atoms with Gasteiger partial charge in [-0.3, -0.25) is 13.9 Å². The lowest BCUT2D eigenvalue weighted by Crippen LogP contribution is -2.52. The number of methoxy groups -OCH3 is 1. The van der Waals surface area contributed by atoms with Crippen LogP contribution in [-0.4, -0.2) is 57.1 Å². The molecule has 0 spiro atoms. The zero-order valence-electron chi connectivity index (χ0n) is 24.7. The Morgan fingerprint density at radius 1 is 0.977 bits per heavy atom. The van der Waals surface area contributed by atoms with Gasteiger partial charge < -0.3 is 15.0 Å². The lowest BCUT2D eigenvalue weighted by Gasteiger charge is -2.33. The Morgan fingerprint density at radius 2 is 1.60 bits per heavy atom. The fourth-order valence-corrected chi connectivity index (χ4v) is 6.73. The molecular formula is C33H40ClN3O5S. The number of benzene rings is 3. The number of carbonyl (C=O) groups is 2. The Morgan fingerprint density at radius 3 is 2.19 bits per heavy atom. The van der Waals surface area contributed by atoms with E-state index < -0.39 is 16.1 Å². The summed E-state index contributed by atoms with van der Waals surface area (Å²) < 4.78 is 31.9. The molecule has 0 aliphatic heterocycles. The third kappa shape index (κ3) is 9.21. The maximum absolute atomic E-state index is 14.0. The van der Waals surface area contributed by atoms with E-state index in [-0.39, 0.29) is 48.8 Å². The highest BCUT2D eigenvalue weighted by Gasteiger charge is 2.32. The van der Waals surface area contributed by atoms with Crippen LogP contribution in [-0.2, 0) is 32.6 Å². The van der Waals surface area contributed by atoms with Crippen LogP contribution in [0.1, 0.15) is 49.7 Å². The summed E-state index contributed by atoms with van der Waals surface area (Å²) in [4.78, 5) is 29.4. The molecule has 1 N–H and O–H groups in total. The average Bonchev–Trinajstić information content (AvgIpc) is 3.50. The number of ether oxygens (including phenoxy) is 1. The van der Waals surface area contributed by atoms with E-state index in [1.54, 1.807) is 17.0 Å². The summed E-state index contributed by atoms with van der Waals surface area (Å²) in [7, 11) is -2.17. The number of halogens is 1. The number of amides is 2. The van der Waals surface area contributed by atoms with Crippen LogP contribution in [0.15, 0.2) is 78.9 Å². The molecule has 0 radical (unpaired) electrons. The standard InChI is InChI=1S/C33H40ClN3O5S/c1-42-31-20-19-28(23-29(31)34)37(43(2,40)41)21-11-18-32(38)36(24-26-14-7-4-8-15-26)30(22-25-12-5-3-6-13-25)33(39)35-27-16-9-10-17-27/h3-8,12-15,19-20,23,27,30H,9-11,16-18,21-22,24H2,1-2H3,(H,35,39). The van der Waals surface area contributed by atoms with E-state index in [4.69, 9.17) is 16.3 Å². The molecule has 2 amide bonds. The topological polar surface area (TPSA) is 96.0 Å². The fourth-order valence-electron chi connectivity index (χ4n) is 5.52. The van der Waals surface area contributed by atoms with Gasteiger partial charge in [-0.25, -0.2) is 8.42 Å². The van der Waals surface area contributed by atoms with Crippen molar-refractivity contribution in [3.63, 3.8) is 0 Å². The van der Waals surface area contributed by atoms with E-state index in [1.165, 1.54) is 17.5 Å². The van der Waals surface area contributed by atoms with Crippen LogP contribution in [0.3, 0.4) is 0 Å². The molecule has 1 aliphatic rings. The van der Waals surface area contributed by atoms with Crippen LogP contribution in [0.25, 0.3) is 0 Å². The molecule has 1 atom stereocenters. The number of carbonyl (C=O) groups excluding carboxylic acids is 2. The molecule has 1 unspecified atom stereocenters. The highest BCUT2D eigenvalue weighted by atomic mass is 35.5. The summed E-state index contributed by atoms with van der Waals surface area (Å²) in [6, 6.07) is 23.5. The zero-order chi connectivity index (χ0) is 30.8. The van der Waals surface area contributed by atoms with Crippen molar-refractivity contribution in [3.8, 4) is 5.75 Å².